The summed E-state index contributed by atoms with van der Waals surface area (Å²) in [5, 5.41) is 27.2. The van der Waals surface area contributed by atoms with E-state index < -0.39 is 29.4 Å². The molecular formula is C69H126F6IN9O11P2S6. The Morgan fingerprint density at radius 1 is 0.538 bits per heavy atom. The van der Waals surface area contributed by atoms with Crippen molar-refractivity contribution in [3.8, 4) is 0 Å². The molecule has 20 nitrogen and oxygen atoms in total. The molecule has 0 aromatic heterocycles. The first kappa shape index (κ1) is 105. The van der Waals surface area contributed by atoms with Crippen molar-refractivity contribution in [2.45, 2.75) is 294 Å². The fourth-order valence-corrected chi connectivity index (χ4v) is 21.9. The number of rotatable bonds is 48. The summed E-state index contributed by atoms with van der Waals surface area (Å²) in [4.78, 5) is 117. The average Bonchev–Trinajstić information content (AvgIpc) is 0.945. The predicted octanol–water partition coefficient (Wildman–Crippen LogP) is 14.0. The predicted molar refractivity (Wildman–Crippen MR) is 435 cm³/mol. The number of unbranched alkanes of at least 4 members (excludes halogenated alkanes) is 4. The van der Waals surface area contributed by atoms with Crippen LogP contribution in [0.5, 0.6) is 0 Å². The Balaban J connectivity index is -0.00000125. The molecule has 0 aromatic carbocycles. The van der Waals surface area contributed by atoms with Crippen LogP contribution in [0.15, 0.2) is 12.2 Å². The van der Waals surface area contributed by atoms with Gasteiger partial charge in [0.2, 0.25) is 5.91 Å². The van der Waals surface area contributed by atoms with Crippen LogP contribution in [0.2, 0.25) is 0 Å². The van der Waals surface area contributed by atoms with Crippen LogP contribution in [0.3, 0.4) is 0 Å². The minimum absolute atomic E-state index is 0.0443. The van der Waals surface area contributed by atoms with Gasteiger partial charge in [0.25, 0.3) is 11.8 Å². The molecule has 9 N–H and O–H groups in total. The number of amides is 3. The minimum atomic E-state index is -5.50. The van der Waals surface area contributed by atoms with Crippen LogP contribution >= 0.6 is 105 Å². The van der Waals surface area contributed by atoms with E-state index in [-0.39, 0.29) is 72.9 Å². The molecule has 608 valence electrons. The number of nitrogens with one attached hydrogen (secondary N) is 7. The molecule has 0 saturated carbocycles. The van der Waals surface area contributed by atoms with Gasteiger partial charge in [-0.15, -0.1) is 0 Å². The van der Waals surface area contributed by atoms with Crippen molar-refractivity contribution in [2.24, 2.45) is 17.6 Å². The van der Waals surface area contributed by atoms with Crippen molar-refractivity contribution in [3.63, 3.8) is 0 Å². The van der Waals surface area contributed by atoms with Crippen LogP contribution in [0.25, 0.3) is 0 Å². The molecule has 104 heavy (non-hydrogen) atoms. The Morgan fingerprint density at radius 2 is 0.856 bits per heavy atom. The Hall–Kier alpha value is -1.22. The summed E-state index contributed by atoms with van der Waals surface area (Å²) in [6.45, 7) is 28.5. The van der Waals surface area contributed by atoms with E-state index in [0.29, 0.717) is 71.2 Å². The number of Topliss-reactive ketones (excluding diaryl/α,β-unsaturated/α-hetero) is 4. The van der Waals surface area contributed by atoms with Crippen molar-refractivity contribution in [1.29, 1.82) is 0.594 Å². The maximum atomic E-state index is 12.3. The third-order valence-corrected chi connectivity index (χ3v) is 29.2. The van der Waals surface area contributed by atoms with Gasteiger partial charge in [-0.3, -0.25) is 38.5 Å². The van der Waals surface area contributed by atoms with Gasteiger partial charge in [-0.25, -0.2) is 0 Å². The Kier molecular flexibility index (Phi) is 69.1. The molecule has 0 radical (unpaired) electrons. The molecule has 3 fully saturated rings. The standard InChI is InChI=1S/C21H33N3O4S2.C16H35N2OP.C14H29N2OPS2.C14H28N2OS2.C2HF6I.2CO2/c1-3-15-13-16(30-29-15)14-23-17(18(25)4-2)7-5-6-11-22-19(26)10-12-24-20(27)8-9-21(24)28;1-5-13(3)11-14(4)12-17-15(16(19)6-2)9-7-8-10-18-20;1-3-11-9-12(20-19-11)10-15-13(14(17)4-2)7-5-6-8-16-18;1-3-11-9-12(19-18-11)10-16-13(14(17)4-2)7-5-6-8-15;3-1(4,5)9-2(6,7)8;2*2-1-3/h8-9,15-17,23H,3-7,10-14H2,1-2H3,(H,22,26);13-15,17-18H,5-12,20H2,1-4H3;11-13,15-16H,3-10,18H2,1-2H3;11-13,16H,3-10,15H2,1-2H3;9H;;/i;;;;9T;;. The molecule has 0 aliphatic carbocycles. The zero-order valence-corrected chi connectivity index (χ0v) is 72.3. The third-order valence-electron chi connectivity index (χ3n) is 16.9. The number of nitrogens with zero attached hydrogens (tertiary/aromatic N) is 1. The van der Waals surface area contributed by atoms with Crippen molar-refractivity contribution in [1.82, 2.24) is 41.7 Å². The molecule has 3 amide bonds. The number of hydrogen-bond acceptors (Lipinski definition) is 24. The summed E-state index contributed by atoms with van der Waals surface area (Å²) in [6, 6.07) is 0.0548. The Labute approximate surface area is 656 Å². The first-order chi connectivity index (χ1) is 49.9. The van der Waals surface area contributed by atoms with Crippen LogP contribution in [0.1, 0.15) is 230 Å². The van der Waals surface area contributed by atoms with E-state index in [1.54, 1.807) is 0 Å². The second kappa shape index (κ2) is 68.6. The summed E-state index contributed by atoms with van der Waals surface area (Å²) in [6.07, 6.45) is 27.2. The van der Waals surface area contributed by atoms with Crippen molar-refractivity contribution < 1.29 is 79.1 Å². The number of carbonyl (C=O) groups is 7. The van der Waals surface area contributed by atoms with Gasteiger partial charge in [0.15, 0.2) is 0 Å². The van der Waals surface area contributed by atoms with Gasteiger partial charge in [0.05, 0.1) is 24.2 Å². The van der Waals surface area contributed by atoms with Gasteiger partial charge in [-0.1, -0.05) is 178 Å². The third kappa shape index (κ3) is 58.7. The zero-order valence-electron chi connectivity index (χ0n) is 63.9. The van der Waals surface area contributed by atoms with Crippen molar-refractivity contribution >= 4 is 158 Å². The molecule has 4 heterocycles. The molecule has 0 bridgehead atoms. The molecule has 35 heteroatoms. The van der Waals surface area contributed by atoms with Gasteiger partial charge >= 0.3 is 68.6 Å². The quantitative estimate of drug-likeness (QED) is 0.00534. The summed E-state index contributed by atoms with van der Waals surface area (Å²) >= 11 is -5.50. The molecule has 14 atom stereocenters. The van der Waals surface area contributed by atoms with Crippen LogP contribution in [-0.4, -0.2) is 182 Å². The fraction of sp³-hybridized carbons (Fsp3) is 0.841. The second-order valence-corrected chi connectivity index (χ2v) is 37.7. The molecule has 14 unspecified atom stereocenters. The number of halogens is 7. The SMILES string of the molecule is CCC(=O)C(CCCCN)NCC1CC(CC)SS1.CCC(=O)C(CCCCNC(=O)CCN1C(=O)C=CC1=O)NCC1CC(CC)SS1.CCC(=O)C(CCCCNP)NCC(C)CC(C)CC.CCC(=O)C(CCCCNP)NCC1CC(CC)SS1.O=C=O.O=C=O.[3H]I(C(F)(F)F)C(F)(F)F. The van der Waals surface area contributed by atoms with Gasteiger partial charge in [-0.05, 0) is 141 Å². The Morgan fingerprint density at radius 3 is 1.13 bits per heavy atom. The van der Waals surface area contributed by atoms with Crippen LogP contribution < -0.4 is 42.5 Å². The normalized spacial score (nSPS) is 20.1. The number of alkyl halides is 8. The fourth-order valence-electron chi connectivity index (χ4n) is 10.7. The molecule has 0 aromatic rings. The van der Waals surface area contributed by atoms with Gasteiger partial charge in [0, 0.05) is 108 Å². The van der Waals surface area contributed by atoms with Crippen molar-refractivity contribution in [2.75, 3.05) is 58.9 Å². The molecule has 4 aliphatic heterocycles. The number of nitrogens with two attached hydrogens (primary N) is 1. The molecule has 3 saturated heterocycles. The number of imide groups is 1. The van der Waals surface area contributed by atoms with E-state index >= 15 is 0 Å². The maximum absolute atomic E-state index is 12.3. The van der Waals surface area contributed by atoms with Gasteiger partial charge < -0.3 is 42.5 Å². The summed E-state index contributed by atoms with van der Waals surface area (Å²) in [7, 11) is 17.0. The monoisotopic (exact) mass is 1750 g/mol. The Bertz CT molecular complexity index is 2410. The van der Waals surface area contributed by atoms with Crippen LogP contribution in [0.4, 0.5) is 26.3 Å². The zero-order chi connectivity index (χ0) is 80.2. The van der Waals surface area contributed by atoms with E-state index in [0.717, 1.165) is 149 Å². The van der Waals surface area contributed by atoms with E-state index in [4.69, 9.17) is 25.5 Å². The van der Waals surface area contributed by atoms with Gasteiger partial charge in [0.1, 0.15) is 23.1 Å². The molecule has 0 spiro atoms. The average molecular weight is 1760 g/mol. The number of carbonyl (C=O) groups excluding carboxylic acids is 11. The second-order valence-electron chi connectivity index (χ2n) is 25.3. The van der Waals surface area contributed by atoms with E-state index in [1.807, 2.05) is 92.5 Å². The van der Waals surface area contributed by atoms with Gasteiger partial charge in [-0.2, -0.15) is 19.2 Å². The summed E-state index contributed by atoms with van der Waals surface area (Å²) in [5.74, 6) is 1.83. The van der Waals surface area contributed by atoms with E-state index in [2.05, 4.69) is 97.1 Å². The topological polar surface area (TPSA) is 301 Å². The van der Waals surface area contributed by atoms with Crippen LogP contribution in [-0.2, 0) is 52.7 Å². The molecular weight excluding hydrogens is 1630 g/mol. The molecule has 4 rings (SSSR count). The molecule has 4 aliphatic rings. The number of ketones is 4. The van der Waals surface area contributed by atoms with E-state index in [1.165, 1.54) is 63.5 Å². The first-order valence-electron chi connectivity index (χ1n) is 37.0. The van der Waals surface area contributed by atoms with Crippen LogP contribution in [0, 0.1) is 11.8 Å². The summed E-state index contributed by atoms with van der Waals surface area (Å²) in [5.41, 5.74) is 5.52. The first-order valence-corrected chi connectivity index (χ1v) is 46.8. The van der Waals surface area contributed by atoms with E-state index in [9.17, 15) is 59.9 Å². The summed E-state index contributed by atoms with van der Waals surface area (Å²) < 4.78 is 61.7. The number of hydrogen-bond donors (Lipinski definition) is 8. The van der Waals surface area contributed by atoms with Crippen molar-refractivity contribution in [3.05, 3.63) is 12.2 Å².